The molecule has 3 N–H and O–H groups in total. The third-order valence-corrected chi connectivity index (χ3v) is 4.93. The van der Waals surface area contributed by atoms with Gasteiger partial charge in [0.25, 0.3) is 0 Å². The second-order valence-corrected chi connectivity index (χ2v) is 7.24. The van der Waals surface area contributed by atoms with Crippen molar-refractivity contribution in [1.29, 1.82) is 0 Å². The van der Waals surface area contributed by atoms with Crippen LogP contribution in [0.15, 0.2) is 47.5 Å². The Kier molecular flexibility index (Phi) is 9.68. The zero-order valence-electron chi connectivity index (χ0n) is 19.1. The normalized spacial score (nSPS) is 12.1. The van der Waals surface area contributed by atoms with Gasteiger partial charge >= 0.3 is 0 Å². The van der Waals surface area contributed by atoms with Gasteiger partial charge in [-0.15, -0.1) is 0 Å². The number of hydrogen-bond donors (Lipinski definition) is 3. The topological polar surface area (TPSA) is 84.0 Å². The maximum Gasteiger partial charge on any atom is 0.227 e. The predicted octanol–water partition coefficient (Wildman–Crippen LogP) is 3.94. The van der Waals surface area contributed by atoms with E-state index >= 15 is 0 Å². The summed E-state index contributed by atoms with van der Waals surface area (Å²) >= 11 is 0. The van der Waals surface area contributed by atoms with Gasteiger partial charge in [0.2, 0.25) is 5.91 Å². The molecule has 0 spiro atoms. The molecule has 1 amide bonds. The van der Waals surface area contributed by atoms with E-state index in [0.29, 0.717) is 30.5 Å². The van der Waals surface area contributed by atoms with Crippen molar-refractivity contribution < 1.29 is 14.3 Å². The minimum atomic E-state index is -0.0113. The summed E-state index contributed by atoms with van der Waals surface area (Å²) in [5.74, 6) is 2.13. The van der Waals surface area contributed by atoms with Crippen molar-refractivity contribution in [2.45, 2.75) is 40.3 Å². The molecule has 7 nitrogen and oxygen atoms in total. The molecule has 0 radical (unpaired) electrons. The van der Waals surface area contributed by atoms with Gasteiger partial charge < -0.3 is 25.4 Å². The first-order chi connectivity index (χ1) is 15.0. The summed E-state index contributed by atoms with van der Waals surface area (Å²) in [5.41, 5.74) is 2.87. The van der Waals surface area contributed by atoms with Crippen molar-refractivity contribution in [2.75, 3.05) is 26.1 Å². The van der Waals surface area contributed by atoms with Crippen LogP contribution in [0.5, 0.6) is 11.5 Å². The monoisotopic (exact) mass is 426 g/mol. The van der Waals surface area contributed by atoms with Crippen molar-refractivity contribution in [2.24, 2.45) is 10.9 Å². The number of rotatable bonds is 10. The molecule has 7 heteroatoms. The molecule has 0 fully saturated rings. The Balaban J connectivity index is 2.03. The van der Waals surface area contributed by atoms with Gasteiger partial charge in [-0.25, -0.2) is 4.99 Å². The standard InChI is InChI=1S/C24H34N4O3/c1-6-17(3)23(29)28-20-10-8-9-18(13-20)15-26-24(25-7-2)27-16-19-11-12-21(30-4)22(14-19)31-5/h8-14,17H,6-7,15-16H2,1-5H3,(H,28,29)(H2,25,26,27). The molecule has 0 aliphatic carbocycles. The molecule has 2 aromatic rings. The Morgan fingerprint density at radius 3 is 2.45 bits per heavy atom. The minimum absolute atomic E-state index is 0.0113. The number of carbonyl (C=O) groups is 1. The van der Waals surface area contributed by atoms with E-state index in [0.717, 1.165) is 29.8 Å². The molecule has 168 valence electrons. The number of anilines is 1. The molecular weight excluding hydrogens is 392 g/mol. The number of nitrogens with zero attached hydrogens (tertiary/aromatic N) is 1. The second kappa shape index (κ2) is 12.5. The zero-order valence-corrected chi connectivity index (χ0v) is 19.1. The van der Waals surface area contributed by atoms with Crippen LogP contribution in [0.25, 0.3) is 0 Å². The number of carbonyl (C=O) groups excluding carboxylic acids is 1. The van der Waals surface area contributed by atoms with Gasteiger partial charge in [-0.1, -0.05) is 32.0 Å². The maximum atomic E-state index is 12.1. The van der Waals surface area contributed by atoms with Gasteiger partial charge in [-0.2, -0.15) is 0 Å². The number of hydrogen-bond acceptors (Lipinski definition) is 4. The molecule has 1 unspecified atom stereocenters. The molecule has 31 heavy (non-hydrogen) atoms. The highest BCUT2D eigenvalue weighted by molar-refractivity contribution is 5.92. The van der Waals surface area contributed by atoms with E-state index in [-0.39, 0.29) is 11.8 Å². The van der Waals surface area contributed by atoms with Crippen LogP contribution < -0.4 is 25.4 Å². The van der Waals surface area contributed by atoms with Gasteiger partial charge in [0.05, 0.1) is 20.8 Å². The number of aliphatic imine (C=N–C) groups is 1. The fourth-order valence-electron chi connectivity index (χ4n) is 2.89. The van der Waals surface area contributed by atoms with Crippen LogP contribution in [0.3, 0.4) is 0 Å². The van der Waals surface area contributed by atoms with Gasteiger partial charge in [0.15, 0.2) is 17.5 Å². The van der Waals surface area contributed by atoms with Crippen molar-refractivity contribution in [3.8, 4) is 11.5 Å². The van der Waals surface area contributed by atoms with Crippen LogP contribution >= 0.6 is 0 Å². The number of benzene rings is 2. The van der Waals surface area contributed by atoms with E-state index in [1.807, 2.05) is 63.2 Å². The molecule has 0 saturated heterocycles. The molecule has 1 atom stereocenters. The summed E-state index contributed by atoms with van der Waals surface area (Å²) in [6.07, 6.45) is 0.813. The fraction of sp³-hybridized carbons (Fsp3) is 0.417. The molecule has 0 aliphatic rings. The third-order valence-electron chi connectivity index (χ3n) is 4.93. The third kappa shape index (κ3) is 7.51. The fourth-order valence-corrected chi connectivity index (χ4v) is 2.89. The van der Waals surface area contributed by atoms with Crippen LogP contribution in [0.2, 0.25) is 0 Å². The number of ether oxygens (including phenoxy) is 2. The highest BCUT2D eigenvalue weighted by Crippen LogP contribution is 2.27. The minimum Gasteiger partial charge on any atom is -0.493 e. The summed E-state index contributed by atoms with van der Waals surface area (Å²) in [6, 6.07) is 13.6. The van der Waals surface area contributed by atoms with Crippen molar-refractivity contribution in [1.82, 2.24) is 10.6 Å². The van der Waals surface area contributed by atoms with E-state index in [1.54, 1.807) is 14.2 Å². The first-order valence-electron chi connectivity index (χ1n) is 10.6. The summed E-state index contributed by atoms with van der Waals surface area (Å²) in [6.45, 7) is 7.80. The van der Waals surface area contributed by atoms with E-state index in [1.165, 1.54) is 0 Å². The molecule has 0 heterocycles. The van der Waals surface area contributed by atoms with Gasteiger partial charge in [-0.05, 0) is 48.7 Å². The lowest BCUT2D eigenvalue weighted by atomic mass is 10.1. The number of amides is 1. The summed E-state index contributed by atoms with van der Waals surface area (Å²) in [5, 5.41) is 9.57. The summed E-state index contributed by atoms with van der Waals surface area (Å²) < 4.78 is 10.7. The van der Waals surface area contributed by atoms with Crippen LogP contribution in [0.1, 0.15) is 38.3 Å². The van der Waals surface area contributed by atoms with Crippen molar-refractivity contribution >= 4 is 17.6 Å². The molecular formula is C24H34N4O3. The van der Waals surface area contributed by atoms with Gasteiger partial charge in [0.1, 0.15) is 0 Å². The average molecular weight is 427 g/mol. The first-order valence-corrected chi connectivity index (χ1v) is 10.6. The molecule has 0 aliphatic heterocycles. The van der Waals surface area contributed by atoms with Gasteiger partial charge in [-0.3, -0.25) is 4.79 Å². The average Bonchev–Trinajstić information content (AvgIpc) is 2.80. The van der Waals surface area contributed by atoms with E-state index < -0.39 is 0 Å². The van der Waals surface area contributed by atoms with Crippen molar-refractivity contribution in [3.05, 3.63) is 53.6 Å². The molecule has 2 rings (SSSR count). The highest BCUT2D eigenvalue weighted by atomic mass is 16.5. The molecule has 0 saturated carbocycles. The summed E-state index contributed by atoms with van der Waals surface area (Å²) in [4.78, 5) is 16.8. The van der Waals surface area contributed by atoms with Crippen LogP contribution in [0.4, 0.5) is 5.69 Å². The second-order valence-electron chi connectivity index (χ2n) is 7.24. The lowest BCUT2D eigenvalue weighted by molar-refractivity contribution is -0.119. The smallest absolute Gasteiger partial charge is 0.227 e. The van der Waals surface area contributed by atoms with E-state index in [2.05, 4.69) is 20.9 Å². The van der Waals surface area contributed by atoms with Crippen LogP contribution in [-0.4, -0.2) is 32.6 Å². The number of nitrogens with one attached hydrogen (secondary N) is 3. The Morgan fingerprint density at radius 2 is 1.77 bits per heavy atom. The predicted molar refractivity (Wildman–Crippen MR) is 126 cm³/mol. The zero-order chi connectivity index (χ0) is 22.6. The lowest BCUT2D eigenvalue weighted by Gasteiger charge is -2.14. The molecule has 0 bridgehead atoms. The summed E-state index contributed by atoms with van der Waals surface area (Å²) in [7, 11) is 3.25. The van der Waals surface area contributed by atoms with E-state index in [4.69, 9.17) is 9.47 Å². The number of methoxy groups -OCH3 is 2. The Labute approximate surface area is 185 Å². The molecule has 0 aromatic heterocycles. The number of guanidine groups is 1. The Hall–Kier alpha value is -3.22. The largest absolute Gasteiger partial charge is 0.493 e. The lowest BCUT2D eigenvalue weighted by Crippen LogP contribution is -2.36. The van der Waals surface area contributed by atoms with Crippen molar-refractivity contribution in [3.63, 3.8) is 0 Å². The first kappa shape index (κ1) is 24.1. The maximum absolute atomic E-state index is 12.1. The quantitative estimate of drug-likeness (QED) is 0.396. The SMILES string of the molecule is CCNC(=NCc1cccc(NC(=O)C(C)CC)c1)NCc1ccc(OC)c(OC)c1. The Bertz CT molecular complexity index is 883. The molecule has 2 aromatic carbocycles. The van der Waals surface area contributed by atoms with Crippen LogP contribution in [-0.2, 0) is 17.9 Å². The highest BCUT2D eigenvalue weighted by Gasteiger charge is 2.10. The van der Waals surface area contributed by atoms with Gasteiger partial charge in [0, 0.05) is 24.7 Å². The Morgan fingerprint density at radius 1 is 1.00 bits per heavy atom. The van der Waals surface area contributed by atoms with E-state index in [9.17, 15) is 4.79 Å². The van der Waals surface area contributed by atoms with Crippen LogP contribution in [0, 0.1) is 5.92 Å².